The Balaban J connectivity index is 1.26. The number of fused-ring (bicyclic) bond motifs is 1. The lowest BCUT2D eigenvalue weighted by molar-refractivity contribution is -0.150. The van der Waals surface area contributed by atoms with Gasteiger partial charge in [-0.3, -0.25) is 4.90 Å². The molecule has 1 unspecified atom stereocenters. The molecule has 1 atom stereocenters. The van der Waals surface area contributed by atoms with E-state index in [0.717, 1.165) is 61.2 Å². The number of rotatable bonds is 6. The molecule has 0 bridgehead atoms. The molecule has 0 amide bonds. The zero-order valence-corrected chi connectivity index (χ0v) is 24.2. The minimum atomic E-state index is -4.52. The number of ether oxygens (including phenoxy) is 1. The van der Waals surface area contributed by atoms with Gasteiger partial charge >= 0.3 is 6.18 Å². The largest absolute Gasteiger partial charge is 0.489 e. The number of hydrogen-bond donors (Lipinski definition) is 1. The summed E-state index contributed by atoms with van der Waals surface area (Å²) in [4.78, 5) is 3.15. The molecule has 9 heteroatoms. The van der Waals surface area contributed by atoms with Crippen LogP contribution in [0.5, 0.6) is 5.75 Å². The lowest BCUT2D eigenvalue weighted by Crippen LogP contribution is -2.43. The van der Waals surface area contributed by atoms with Gasteiger partial charge in [0, 0.05) is 30.9 Å². The Hall–Kier alpha value is -3.17. The lowest BCUT2D eigenvalue weighted by Gasteiger charge is -2.43. The summed E-state index contributed by atoms with van der Waals surface area (Å²) in [6.07, 6.45) is 1.13. The predicted molar refractivity (Wildman–Crippen MR) is 157 cm³/mol. The molecule has 3 aromatic rings. The maximum atomic E-state index is 15.9. The fraction of sp³-hybridized carbons (Fsp3) is 0.471. The van der Waals surface area contributed by atoms with Crippen molar-refractivity contribution in [2.24, 2.45) is 5.41 Å². The third-order valence-corrected chi connectivity index (χ3v) is 9.49. The maximum absolute atomic E-state index is 15.9. The van der Waals surface area contributed by atoms with Gasteiger partial charge in [-0.05, 0) is 98.0 Å². The van der Waals surface area contributed by atoms with Crippen LogP contribution in [0.1, 0.15) is 60.4 Å². The highest BCUT2D eigenvalue weighted by atomic mass is 19.4. The Morgan fingerprint density at radius 1 is 0.860 bits per heavy atom. The van der Waals surface area contributed by atoms with Gasteiger partial charge in [0.25, 0.3) is 0 Å². The smallest absolute Gasteiger partial charge is 0.401 e. The second kappa shape index (κ2) is 12.4. The number of alkyl halides is 3. The summed E-state index contributed by atoms with van der Waals surface area (Å²) in [6, 6.07) is 16.1. The SMILES string of the molecule is Fc1cc(N2CCC3(CCCNCC3)CC2)cc(F)c1C1c2ccc(OCc3ccccc3)cc2CCN1CC(F)(F)F. The molecule has 2 saturated heterocycles. The molecule has 0 aromatic heterocycles. The molecule has 0 aliphatic carbocycles. The fourth-order valence-electron chi connectivity index (χ4n) is 7.17. The van der Waals surface area contributed by atoms with E-state index in [0.29, 0.717) is 43.1 Å². The zero-order valence-electron chi connectivity index (χ0n) is 24.2. The van der Waals surface area contributed by atoms with Crippen LogP contribution in [0.2, 0.25) is 0 Å². The summed E-state index contributed by atoms with van der Waals surface area (Å²) in [5, 5.41) is 3.46. The summed E-state index contributed by atoms with van der Waals surface area (Å²) < 4.78 is 78.8. The topological polar surface area (TPSA) is 27.7 Å². The van der Waals surface area contributed by atoms with Gasteiger partial charge in [-0.2, -0.15) is 13.2 Å². The van der Waals surface area contributed by atoms with E-state index in [1.165, 1.54) is 12.1 Å². The second-order valence-electron chi connectivity index (χ2n) is 12.3. The van der Waals surface area contributed by atoms with Gasteiger partial charge in [-0.1, -0.05) is 36.4 Å². The van der Waals surface area contributed by atoms with E-state index in [1.807, 2.05) is 35.2 Å². The Morgan fingerprint density at radius 3 is 2.33 bits per heavy atom. The van der Waals surface area contributed by atoms with E-state index in [9.17, 15) is 13.2 Å². The Bertz CT molecular complexity index is 1370. The van der Waals surface area contributed by atoms with Crippen LogP contribution < -0.4 is 15.0 Å². The average Bonchev–Trinajstić information content (AvgIpc) is 3.22. The van der Waals surface area contributed by atoms with E-state index in [4.69, 9.17) is 4.74 Å². The highest BCUT2D eigenvalue weighted by Gasteiger charge is 2.40. The summed E-state index contributed by atoms with van der Waals surface area (Å²) in [6.45, 7) is 2.53. The van der Waals surface area contributed by atoms with E-state index < -0.39 is 30.4 Å². The molecule has 230 valence electrons. The van der Waals surface area contributed by atoms with Crippen LogP contribution in [0.15, 0.2) is 60.7 Å². The predicted octanol–water partition coefficient (Wildman–Crippen LogP) is 7.41. The van der Waals surface area contributed by atoms with Crippen molar-refractivity contribution in [1.29, 1.82) is 0 Å². The van der Waals surface area contributed by atoms with Crippen molar-refractivity contribution in [3.05, 3.63) is 94.6 Å². The quantitative estimate of drug-likeness (QED) is 0.299. The van der Waals surface area contributed by atoms with Crippen molar-refractivity contribution < 1.29 is 26.7 Å². The second-order valence-corrected chi connectivity index (χ2v) is 12.3. The van der Waals surface area contributed by atoms with Gasteiger partial charge in [0.15, 0.2) is 0 Å². The van der Waals surface area contributed by atoms with E-state index >= 15 is 8.78 Å². The van der Waals surface area contributed by atoms with Crippen LogP contribution in [-0.4, -0.2) is 50.3 Å². The van der Waals surface area contributed by atoms with Crippen LogP contribution in [0.25, 0.3) is 0 Å². The Kier molecular flexibility index (Phi) is 8.65. The molecule has 3 heterocycles. The number of halogens is 5. The number of piperidine rings is 1. The number of nitrogens with one attached hydrogen (secondary N) is 1. The number of nitrogens with zero attached hydrogens (tertiary/aromatic N) is 2. The molecule has 1 spiro atoms. The van der Waals surface area contributed by atoms with Crippen LogP contribution in [0.3, 0.4) is 0 Å². The summed E-state index contributed by atoms with van der Waals surface area (Å²) >= 11 is 0. The standard InChI is InChI=1S/C34H38F5N3O/c35-29-20-26(41-17-12-33(13-18-41)10-4-14-40-15-11-33)21-30(36)31(29)32-28-8-7-27(43-22-24-5-2-1-3-6-24)19-25(28)9-16-42(32)23-34(37,38)39/h1-3,5-8,19-21,32,40H,4,9-18,22-23H2. The zero-order chi connectivity index (χ0) is 30.0. The van der Waals surface area contributed by atoms with E-state index in [2.05, 4.69) is 5.32 Å². The first kappa shape index (κ1) is 29.9. The van der Waals surface area contributed by atoms with Gasteiger partial charge < -0.3 is 15.0 Å². The minimum absolute atomic E-state index is 0.0169. The molecule has 2 fully saturated rings. The maximum Gasteiger partial charge on any atom is 0.401 e. The van der Waals surface area contributed by atoms with Crippen molar-refractivity contribution >= 4 is 5.69 Å². The Labute approximate surface area is 249 Å². The van der Waals surface area contributed by atoms with Crippen LogP contribution in [0.4, 0.5) is 27.6 Å². The molecule has 1 N–H and O–H groups in total. The highest BCUT2D eigenvalue weighted by molar-refractivity contribution is 5.52. The first-order valence-electron chi connectivity index (χ1n) is 15.2. The number of benzene rings is 3. The summed E-state index contributed by atoms with van der Waals surface area (Å²) in [7, 11) is 0. The average molecular weight is 600 g/mol. The van der Waals surface area contributed by atoms with Crippen molar-refractivity contribution in [2.75, 3.05) is 44.2 Å². The van der Waals surface area contributed by atoms with Gasteiger partial charge in [-0.25, -0.2) is 8.78 Å². The van der Waals surface area contributed by atoms with Gasteiger partial charge in [-0.15, -0.1) is 0 Å². The first-order chi connectivity index (χ1) is 20.7. The monoisotopic (exact) mass is 599 g/mol. The molecular weight excluding hydrogens is 561 g/mol. The summed E-state index contributed by atoms with van der Waals surface area (Å²) in [5.41, 5.74) is 2.56. The number of anilines is 1. The van der Waals surface area contributed by atoms with Gasteiger partial charge in [0.05, 0.1) is 12.6 Å². The minimum Gasteiger partial charge on any atom is -0.489 e. The highest BCUT2D eigenvalue weighted by Crippen LogP contribution is 2.44. The van der Waals surface area contributed by atoms with E-state index in [-0.39, 0.29) is 17.5 Å². The van der Waals surface area contributed by atoms with Crippen LogP contribution in [-0.2, 0) is 13.0 Å². The molecule has 3 aromatic carbocycles. The molecule has 0 radical (unpaired) electrons. The van der Waals surface area contributed by atoms with Crippen molar-refractivity contribution in [2.45, 2.75) is 57.3 Å². The van der Waals surface area contributed by atoms with Gasteiger partial charge in [0.1, 0.15) is 24.0 Å². The third-order valence-electron chi connectivity index (χ3n) is 9.49. The molecule has 0 saturated carbocycles. The normalized spacial score (nSPS) is 21.0. The molecule has 3 aliphatic rings. The molecule has 3 aliphatic heterocycles. The van der Waals surface area contributed by atoms with Crippen molar-refractivity contribution in [3.8, 4) is 5.75 Å². The molecule has 43 heavy (non-hydrogen) atoms. The fourth-order valence-corrected chi connectivity index (χ4v) is 7.17. The van der Waals surface area contributed by atoms with Crippen molar-refractivity contribution in [1.82, 2.24) is 10.2 Å². The molecule has 4 nitrogen and oxygen atoms in total. The van der Waals surface area contributed by atoms with Crippen LogP contribution in [0, 0.1) is 17.0 Å². The van der Waals surface area contributed by atoms with Crippen molar-refractivity contribution in [3.63, 3.8) is 0 Å². The summed E-state index contributed by atoms with van der Waals surface area (Å²) in [5.74, 6) is -1.07. The van der Waals surface area contributed by atoms with Gasteiger partial charge in [0.2, 0.25) is 0 Å². The first-order valence-corrected chi connectivity index (χ1v) is 15.2. The molecule has 6 rings (SSSR count). The Morgan fingerprint density at radius 2 is 1.60 bits per heavy atom. The third kappa shape index (κ3) is 6.83. The van der Waals surface area contributed by atoms with E-state index in [1.54, 1.807) is 18.2 Å². The molecular formula is C34H38F5N3O. The number of hydrogen-bond acceptors (Lipinski definition) is 4. The van der Waals surface area contributed by atoms with Crippen LogP contribution >= 0.6 is 0 Å². The lowest BCUT2D eigenvalue weighted by atomic mass is 9.73.